The molecule has 5 aromatic heterocycles. The van der Waals surface area contributed by atoms with Gasteiger partial charge in [-0.15, -0.1) is 0 Å². The van der Waals surface area contributed by atoms with Gasteiger partial charge in [0, 0.05) is 91.7 Å². The first-order chi connectivity index (χ1) is 34.5. The third-order valence-corrected chi connectivity index (χ3v) is 14.1. The maximum absolute atomic E-state index is 13.6. The average Bonchev–Trinajstić information content (AvgIpc) is 4.14. The van der Waals surface area contributed by atoms with E-state index < -0.39 is 11.7 Å². The number of hydrogen-bond donors (Lipinski definition) is 4. The van der Waals surface area contributed by atoms with Crippen molar-refractivity contribution in [3.05, 3.63) is 131 Å². The van der Waals surface area contributed by atoms with E-state index in [-0.39, 0.29) is 35.7 Å². The number of aryl methyl sites for hydroxylation is 2. The van der Waals surface area contributed by atoms with Gasteiger partial charge in [-0.2, -0.15) is 15.3 Å². The Morgan fingerprint density at radius 1 is 0.806 bits per heavy atom. The molecule has 7 aromatic rings. The molecule has 0 saturated carbocycles. The summed E-state index contributed by atoms with van der Waals surface area (Å²) >= 11 is 6.13. The van der Waals surface area contributed by atoms with Gasteiger partial charge in [0.25, 0.3) is 0 Å². The Hall–Kier alpha value is -7.02. The number of benzene rings is 2. The topological polar surface area (TPSA) is 191 Å². The van der Waals surface area contributed by atoms with E-state index in [0.717, 1.165) is 68.2 Å². The van der Waals surface area contributed by atoms with E-state index in [1.54, 1.807) is 36.3 Å². The van der Waals surface area contributed by atoms with Gasteiger partial charge in [-0.25, -0.2) is 14.5 Å². The molecule has 3 aliphatic heterocycles. The van der Waals surface area contributed by atoms with Gasteiger partial charge in [0.2, 0.25) is 11.8 Å². The van der Waals surface area contributed by atoms with Crippen molar-refractivity contribution >= 4 is 40.6 Å². The van der Waals surface area contributed by atoms with Crippen molar-refractivity contribution in [2.24, 2.45) is 16.8 Å². The Kier molecular flexibility index (Phi) is 13.4. The lowest BCUT2D eigenvalue weighted by Gasteiger charge is -2.42. The van der Waals surface area contributed by atoms with Crippen molar-refractivity contribution < 1.29 is 19.8 Å². The third kappa shape index (κ3) is 10.5. The summed E-state index contributed by atoms with van der Waals surface area (Å²) in [6, 6.07) is 19.9. The normalized spacial score (nSPS) is 16.5. The van der Waals surface area contributed by atoms with E-state index >= 15 is 0 Å². The highest BCUT2D eigenvalue weighted by atomic mass is 35.5. The van der Waals surface area contributed by atoms with Crippen LogP contribution in [0.3, 0.4) is 0 Å². The van der Waals surface area contributed by atoms with E-state index in [0.29, 0.717) is 69.6 Å². The maximum atomic E-state index is 13.6. The highest BCUT2D eigenvalue weighted by molar-refractivity contribution is 6.30. The summed E-state index contributed by atoms with van der Waals surface area (Å²) in [6.45, 7) is 12.8. The van der Waals surface area contributed by atoms with E-state index in [2.05, 4.69) is 84.8 Å². The van der Waals surface area contributed by atoms with Crippen molar-refractivity contribution in [3.8, 4) is 22.3 Å². The number of hydrogen-bond acceptors (Lipinski definition) is 12. The number of amidine groups is 1. The van der Waals surface area contributed by atoms with Crippen molar-refractivity contribution in [1.82, 2.24) is 54.4 Å². The second kappa shape index (κ2) is 19.9. The number of aliphatic hydroxyl groups is 2. The summed E-state index contributed by atoms with van der Waals surface area (Å²) < 4.78 is 7.47. The molecule has 19 heteroatoms. The smallest absolute Gasteiger partial charge is 0.227 e. The van der Waals surface area contributed by atoms with Gasteiger partial charge in [-0.1, -0.05) is 54.9 Å². The highest BCUT2D eigenvalue weighted by Gasteiger charge is 2.38. The number of nitrogens with zero attached hydrogens (tertiary/aromatic N) is 12. The van der Waals surface area contributed by atoms with E-state index in [4.69, 9.17) is 26.7 Å². The lowest BCUT2D eigenvalue weighted by Crippen LogP contribution is -2.57. The van der Waals surface area contributed by atoms with Crippen LogP contribution in [0, 0.1) is 11.8 Å². The van der Waals surface area contributed by atoms with Crippen LogP contribution in [0.5, 0.6) is 0 Å². The molecule has 4 N–H and O–H groups in total. The number of carbonyl (C=O) groups is 2. The number of aromatic nitrogens is 8. The minimum Gasteiger partial charge on any atom is -0.391 e. The predicted molar refractivity (Wildman–Crippen MR) is 277 cm³/mol. The van der Waals surface area contributed by atoms with Crippen molar-refractivity contribution in [2.75, 3.05) is 49.8 Å². The molecular weight excluding hydrogens is 932 g/mol. The molecule has 8 heterocycles. The van der Waals surface area contributed by atoms with Crippen LogP contribution < -0.4 is 20.5 Å². The number of aliphatic imine (C=N–C) groups is 1. The molecular formula is C53H63ClN14O4. The fourth-order valence-electron chi connectivity index (χ4n) is 9.73. The van der Waals surface area contributed by atoms with Gasteiger partial charge in [-0.05, 0) is 81.5 Å². The van der Waals surface area contributed by atoms with Gasteiger partial charge in [0.1, 0.15) is 17.9 Å². The third-order valence-electron chi connectivity index (χ3n) is 13.8. The SMILES string of the molecule is CC[C@H](NC(=O)C1CN(c2nc(CCc3ccc([C@H](C)NC(=O)C4CN(C5=NCN(C)n6cc(-c7cnn(CC(C)(C)O)c7)cc65)C4)cc3)nn3cc(-c4cnn(C[C@@H](C)O)c4)cc23)C1)c1ccc(Cl)cc1. The fraction of sp³-hybridized carbons (Fsp3) is 0.415. The largest absolute Gasteiger partial charge is 0.391 e. The molecule has 2 amide bonds. The van der Waals surface area contributed by atoms with Crippen molar-refractivity contribution in [2.45, 2.75) is 90.8 Å². The van der Waals surface area contributed by atoms with Crippen LogP contribution in [0.15, 0.2) is 103 Å². The molecule has 0 aliphatic carbocycles. The van der Waals surface area contributed by atoms with Crippen LogP contribution in [-0.2, 0) is 35.5 Å². The molecule has 0 bridgehead atoms. The second-order valence-corrected chi connectivity index (χ2v) is 20.8. The zero-order valence-electron chi connectivity index (χ0n) is 41.7. The van der Waals surface area contributed by atoms with Crippen LogP contribution in [0.1, 0.15) is 81.3 Å². The van der Waals surface area contributed by atoms with E-state index in [1.165, 1.54) is 0 Å². The van der Waals surface area contributed by atoms with Crippen LogP contribution in [0.4, 0.5) is 5.82 Å². The Morgan fingerprint density at radius 2 is 1.44 bits per heavy atom. The number of likely N-dealkylation sites (tertiary alicyclic amines) is 1. The minimum atomic E-state index is -0.873. The summed E-state index contributed by atoms with van der Waals surface area (Å²) in [5, 5.41) is 43.3. The monoisotopic (exact) mass is 994 g/mol. The second-order valence-electron chi connectivity index (χ2n) is 20.4. The first kappa shape index (κ1) is 48.6. The van der Waals surface area contributed by atoms with Crippen LogP contribution >= 0.6 is 11.6 Å². The van der Waals surface area contributed by atoms with Gasteiger partial charge in [0.15, 0.2) is 17.5 Å². The first-order valence-corrected chi connectivity index (χ1v) is 25.2. The Labute approximate surface area is 423 Å². The maximum Gasteiger partial charge on any atom is 0.227 e. The zero-order chi connectivity index (χ0) is 50.4. The van der Waals surface area contributed by atoms with Gasteiger partial charge in [-0.3, -0.25) is 28.6 Å². The Balaban J connectivity index is 0.764. The lowest BCUT2D eigenvalue weighted by atomic mass is 9.97. The molecule has 2 fully saturated rings. The first-order valence-electron chi connectivity index (χ1n) is 24.8. The minimum absolute atomic E-state index is 0.0167. The molecule has 0 spiro atoms. The number of halogens is 1. The molecule has 2 aromatic carbocycles. The molecule has 10 rings (SSSR count). The molecule has 3 atom stereocenters. The van der Waals surface area contributed by atoms with E-state index in [1.807, 2.05) is 72.5 Å². The summed E-state index contributed by atoms with van der Waals surface area (Å²) in [4.78, 5) is 41.4. The molecule has 0 unspecified atom stereocenters. The van der Waals surface area contributed by atoms with Gasteiger partial charge in [0.05, 0.1) is 61.1 Å². The lowest BCUT2D eigenvalue weighted by molar-refractivity contribution is -0.129. The standard InChI is InChI=1S/C53H63ClN14O4/c1-7-45(37-13-15-44(54)16-14-37)59-52(71)43-25-64(26-43)50-46-18-38(40-20-56-65(27-40)22-33(2)69)29-67(46)61-48(60-50)17-10-35-8-11-36(12-9-35)34(3)58-51(70)42-23-63(24-42)49-47-19-39(30-68(47)62(6)32-55-49)41-21-57-66(28-41)31-53(4,5)72/h8-9,11-16,18-21,27-30,33-34,42-43,45,69,72H,7,10,17,22-26,31-32H2,1-6H3,(H,58,70)(H,59,71)/t33-,34+,45+/m1/s1. The molecule has 18 nitrogen and oxygen atoms in total. The quantitative estimate of drug-likeness (QED) is 0.0883. The molecule has 3 aliphatic rings. The average molecular weight is 996 g/mol. The molecule has 0 radical (unpaired) electrons. The van der Waals surface area contributed by atoms with Gasteiger partial charge >= 0.3 is 0 Å². The zero-order valence-corrected chi connectivity index (χ0v) is 42.4. The Bertz CT molecular complexity index is 3100. The summed E-state index contributed by atoms with van der Waals surface area (Å²) in [6.07, 6.45) is 13.1. The van der Waals surface area contributed by atoms with Gasteiger partial charge < -0.3 is 30.6 Å². The highest BCUT2D eigenvalue weighted by Crippen LogP contribution is 2.33. The van der Waals surface area contributed by atoms with E-state index in [9.17, 15) is 19.8 Å². The molecule has 72 heavy (non-hydrogen) atoms. The van der Waals surface area contributed by atoms with Crippen molar-refractivity contribution in [3.63, 3.8) is 0 Å². The number of fused-ring (bicyclic) bond motifs is 2. The van der Waals surface area contributed by atoms with Crippen molar-refractivity contribution in [1.29, 1.82) is 0 Å². The summed E-state index contributed by atoms with van der Waals surface area (Å²) in [5.41, 5.74) is 7.89. The molecule has 2 saturated heterocycles. The fourth-order valence-corrected chi connectivity index (χ4v) is 9.85. The Morgan fingerprint density at radius 3 is 2.12 bits per heavy atom. The predicted octanol–water partition coefficient (Wildman–Crippen LogP) is 5.65. The number of carbonyl (C=O) groups excluding carboxylic acids is 2. The number of anilines is 1. The number of amides is 2. The van der Waals surface area contributed by atoms with Crippen LogP contribution in [0.25, 0.3) is 27.8 Å². The summed E-state index contributed by atoms with van der Waals surface area (Å²) in [7, 11) is 2.00. The van der Waals surface area contributed by atoms with Crippen LogP contribution in [0.2, 0.25) is 5.02 Å². The van der Waals surface area contributed by atoms with Crippen LogP contribution in [-0.4, -0.2) is 123 Å². The number of nitrogens with one attached hydrogen (secondary N) is 2. The number of aliphatic hydroxyl groups excluding tert-OH is 1. The number of rotatable bonds is 17. The summed E-state index contributed by atoms with van der Waals surface area (Å²) in [5.74, 6) is 2.02. The molecule has 376 valence electrons.